The van der Waals surface area contributed by atoms with Crippen LogP contribution < -0.4 is 0 Å². The third kappa shape index (κ3) is 2.70. The van der Waals surface area contributed by atoms with E-state index in [4.69, 9.17) is 0 Å². The summed E-state index contributed by atoms with van der Waals surface area (Å²) in [5, 5.41) is 18.8. The minimum Gasteiger partial charge on any atom is -0.493 e. The number of carbonyl (C=O) groups is 1. The average Bonchev–Trinajstić information content (AvgIpc) is 2.84. The van der Waals surface area contributed by atoms with Gasteiger partial charge >= 0.3 is 0 Å². The van der Waals surface area contributed by atoms with Gasteiger partial charge in [-0.3, -0.25) is 9.78 Å². The number of carbonyl (C=O) groups excluding carboxylic acids is 1. The summed E-state index contributed by atoms with van der Waals surface area (Å²) < 4.78 is 1.72. The molecule has 0 aliphatic carbocycles. The molecule has 0 atom stereocenters. The molecular formula is C17H16N4O2. The maximum Gasteiger partial charge on any atom is 0.296 e. The van der Waals surface area contributed by atoms with E-state index in [1.807, 2.05) is 38.1 Å². The van der Waals surface area contributed by atoms with Crippen LogP contribution in [0.5, 0.6) is 5.88 Å². The lowest BCUT2D eigenvalue weighted by Gasteiger charge is -2.00. The quantitative estimate of drug-likeness (QED) is 0.743. The topological polar surface area (TPSA) is 79.8 Å². The fourth-order valence-corrected chi connectivity index (χ4v) is 2.44. The number of hydrogen-bond acceptors (Lipinski definition) is 4. The lowest BCUT2D eigenvalue weighted by Crippen LogP contribution is -1.95. The fourth-order valence-electron chi connectivity index (χ4n) is 2.44. The van der Waals surface area contributed by atoms with Crippen LogP contribution in [0.4, 0.5) is 5.69 Å². The highest BCUT2D eigenvalue weighted by Gasteiger charge is 2.15. The first-order valence-electron chi connectivity index (χ1n) is 7.30. The van der Waals surface area contributed by atoms with Crippen LogP contribution in [-0.2, 0) is 6.54 Å². The molecule has 3 aromatic rings. The molecule has 1 aromatic carbocycles. The molecule has 0 unspecified atom stereocenters. The van der Waals surface area contributed by atoms with Gasteiger partial charge in [0.1, 0.15) is 0 Å². The van der Waals surface area contributed by atoms with Crippen molar-refractivity contribution >= 4 is 22.5 Å². The van der Waals surface area contributed by atoms with E-state index in [0.717, 1.165) is 16.6 Å². The molecule has 0 saturated carbocycles. The van der Waals surface area contributed by atoms with Gasteiger partial charge in [-0.25, -0.2) is 0 Å². The summed E-state index contributed by atoms with van der Waals surface area (Å²) in [7, 11) is 0. The molecule has 0 aliphatic heterocycles. The van der Waals surface area contributed by atoms with Crippen molar-refractivity contribution in [2.45, 2.75) is 20.4 Å². The van der Waals surface area contributed by atoms with Crippen LogP contribution in [0.25, 0.3) is 10.9 Å². The molecular weight excluding hydrogens is 292 g/mol. The van der Waals surface area contributed by atoms with E-state index in [2.05, 4.69) is 15.2 Å². The number of amides is 1. The van der Waals surface area contributed by atoms with Crippen molar-refractivity contribution < 1.29 is 9.90 Å². The first-order valence-corrected chi connectivity index (χ1v) is 7.30. The Hall–Kier alpha value is -3.02. The molecule has 6 nitrogen and oxygen atoms in total. The van der Waals surface area contributed by atoms with E-state index in [0.29, 0.717) is 17.8 Å². The van der Waals surface area contributed by atoms with Crippen molar-refractivity contribution in [1.82, 2.24) is 9.55 Å². The second-order valence-electron chi connectivity index (χ2n) is 5.13. The van der Waals surface area contributed by atoms with Crippen molar-refractivity contribution in [1.29, 1.82) is 0 Å². The number of azo groups is 1. The number of para-hydroxylation sites is 1. The Morgan fingerprint density at radius 2 is 2.04 bits per heavy atom. The molecule has 0 spiro atoms. The number of aromatic nitrogens is 2. The maximum atomic E-state index is 12.1. The highest BCUT2D eigenvalue weighted by molar-refractivity contribution is 5.97. The molecule has 2 aromatic heterocycles. The molecule has 6 heteroatoms. The van der Waals surface area contributed by atoms with Gasteiger partial charge in [0.25, 0.3) is 5.91 Å². The molecule has 0 radical (unpaired) electrons. The molecule has 116 valence electrons. The van der Waals surface area contributed by atoms with Crippen LogP contribution in [0.2, 0.25) is 0 Å². The normalized spacial score (nSPS) is 11.4. The van der Waals surface area contributed by atoms with E-state index in [9.17, 15) is 9.90 Å². The molecule has 1 N–H and O–H groups in total. The first kappa shape index (κ1) is 14.9. The van der Waals surface area contributed by atoms with Crippen LogP contribution in [0.3, 0.4) is 0 Å². The average molecular weight is 308 g/mol. The number of nitrogens with zero attached hydrogens (tertiary/aromatic N) is 4. The van der Waals surface area contributed by atoms with Gasteiger partial charge in [0.15, 0.2) is 5.69 Å². The number of pyridine rings is 1. The monoisotopic (exact) mass is 308 g/mol. The predicted molar refractivity (Wildman–Crippen MR) is 87.1 cm³/mol. The van der Waals surface area contributed by atoms with Gasteiger partial charge in [-0.05, 0) is 32.0 Å². The van der Waals surface area contributed by atoms with E-state index >= 15 is 0 Å². The second kappa shape index (κ2) is 6.00. The standard InChI is InChI=1S/C17H16N4O2/c1-3-21-14-7-5-4-6-13(14)15(17(21)23)19-20-16(22)12-9-8-11(2)18-10-12/h4-10,23H,3H2,1-2H3. The molecule has 0 saturated heterocycles. The van der Waals surface area contributed by atoms with Crippen molar-refractivity contribution in [3.63, 3.8) is 0 Å². The number of aryl methyl sites for hydroxylation is 2. The van der Waals surface area contributed by atoms with E-state index in [1.165, 1.54) is 6.20 Å². The lowest BCUT2D eigenvalue weighted by molar-refractivity contribution is 0.0994. The van der Waals surface area contributed by atoms with Gasteiger partial charge in [0.05, 0.1) is 11.1 Å². The van der Waals surface area contributed by atoms with Crippen molar-refractivity contribution in [3.8, 4) is 5.88 Å². The minimum absolute atomic E-state index is 0.00674. The van der Waals surface area contributed by atoms with Crippen LogP contribution in [-0.4, -0.2) is 20.6 Å². The zero-order chi connectivity index (χ0) is 16.4. The Morgan fingerprint density at radius 3 is 2.74 bits per heavy atom. The van der Waals surface area contributed by atoms with Crippen molar-refractivity contribution in [2.24, 2.45) is 10.2 Å². The van der Waals surface area contributed by atoms with Crippen LogP contribution >= 0.6 is 0 Å². The third-order valence-corrected chi connectivity index (χ3v) is 3.63. The number of hydrogen-bond donors (Lipinski definition) is 1. The molecule has 23 heavy (non-hydrogen) atoms. The number of fused-ring (bicyclic) bond motifs is 1. The van der Waals surface area contributed by atoms with Crippen LogP contribution in [0.1, 0.15) is 23.0 Å². The molecule has 0 bridgehead atoms. The highest BCUT2D eigenvalue weighted by atomic mass is 16.3. The van der Waals surface area contributed by atoms with Crippen LogP contribution in [0, 0.1) is 6.92 Å². The Labute approximate surface area is 133 Å². The molecule has 3 rings (SSSR count). The Morgan fingerprint density at radius 1 is 1.26 bits per heavy atom. The Balaban J connectivity index is 1.99. The van der Waals surface area contributed by atoms with Gasteiger partial charge in [-0.2, -0.15) is 0 Å². The molecule has 2 heterocycles. The second-order valence-corrected chi connectivity index (χ2v) is 5.13. The largest absolute Gasteiger partial charge is 0.493 e. The molecule has 0 fully saturated rings. The zero-order valence-electron chi connectivity index (χ0n) is 12.9. The fraction of sp³-hybridized carbons (Fsp3) is 0.176. The Kier molecular flexibility index (Phi) is 3.89. The van der Waals surface area contributed by atoms with Crippen molar-refractivity contribution in [2.75, 3.05) is 0 Å². The molecule has 1 amide bonds. The summed E-state index contributed by atoms with van der Waals surface area (Å²) in [4.78, 5) is 16.1. The summed E-state index contributed by atoms with van der Waals surface area (Å²) in [6, 6.07) is 10.9. The Bertz CT molecular complexity index is 895. The summed E-state index contributed by atoms with van der Waals surface area (Å²) in [6.07, 6.45) is 1.46. The third-order valence-electron chi connectivity index (χ3n) is 3.63. The molecule has 0 aliphatic rings. The van der Waals surface area contributed by atoms with Gasteiger partial charge in [0, 0.05) is 23.8 Å². The number of rotatable bonds is 3. The highest BCUT2D eigenvalue weighted by Crippen LogP contribution is 2.38. The van der Waals surface area contributed by atoms with E-state index in [-0.39, 0.29) is 5.88 Å². The summed E-state index contributed by atoms with van der Waals surface area (Å²) in [5.41, 5.74) is 2.34. The SMILES string of the molecule is CCn1c(O)c(N=NC(=O)c2ccc(C)nc2)c2ccccc21. The van der Waals surface area contributed by atoms with Gasteiger partial charge in [0.2, 0.25) is 5.88 Å². The summed E-state index contributed by atoms with van der Waals surface area (Å²) in [5.74, 6) is -0.488. The lowest BCUT2D eigenvalue weighted by atomic mass is 10.2. The first-order chi connectivity index (χ1) is 11.1. The smallest absolute Gasteiger partial charge is 0.296 e. The van der Waals surface area contributed by atoms with Crippen molar-refractivity contribution in [3.05, 3.63) is 53.9 Å². The van der Waals surface area contributed by atoms with E-state index < -0.39 is 5.91 Å². The number of benzene rings is 1. The van der Waals surface area contributed by atoms with Gasteiger partial charge in [-0.15, -0.1) is 10.2 Å². The van der Waals surface area contributed by atoms with Crippen LogP contribution in [0.15, 0.2) is 52.8 Å². The van der Waals surface area contributed by atoms with Gasteiger partial charge in [-0.1, -0.05) is 18.2 Å². The summed E-state index contributed by atoms with van der Waals surface area (Å²) in [6.45, 7) is 4.36. The summed E-state index contributed by atoms with van der Waals surface area (Å²) >= 11 is 0. The van der Waals surface area contributed by atoms with Gasteiger partial charge < -0.3 is 9.67 Å². The number of aromatic hydroxyl groups is 1. The predicted octanol–water partition coefficient (Wildman–Crippen LogP) is 3.99. The zero-order valence-corrected chi connectivity index (χ0v) is 12.9. The van der Waals surface area contributed by atoms with E-state index in [1.54, 1.807) is 16.7 Å². The maximum absolute atomic E-state index is 12.1. The minimum atomic E-state index is -0.495.